The van der Waals surface area contributed by atoms with Gasteiger partial charge in [-0.25, -0.2) is 0 Å². The van der Waals surface area contributed by atoms with Crippen LogP contribution in [0.5, 0.6) is 0 Å². The van der Waals surface area contributed by atoms with Crippen LogP contribution < -0.4 is 5.32 Å². The van der Waals surface area contributed by atoms with Gasteiger partial charge in [-0.1, -0.05) is 79.0 Å². The van der Waals surface area contributed by atoms with Crippen molar-refractivity contribution in [3.05, 3.63) is 100 Å². The number of nitrogens with one attached hydrogen (secondary N) is 1. The molecule has 0 aliphatic carbocycles. The van der Waals surface area contributed by atoms with E-state index in [9.17, 15) is 9.59 Å². The largest absolute Gasteiger partial charge is 0.354 e. The van der Waals surface area contributed by atoms with Crippen molar-refractivity contribution in [3.63, 3.8) is 0 Å². The third kappa shape index (κ3) is 8.92. The minimum Gasteiger partial charge on any atom is -0.354 e. The van der Waals surface area contributed by atoms with E-state index in [1.54, 1.807) is 23.1 Å². The lowest BCUT2D eigenvalue weighted by atomic mass is 10.0. The molecule has 0 fully saturated rings. The molecule has 1 atom stereocenters. The van der Waals surface area contributed by atoms with E-state index in [-0.39, 0.29) is 17.6 Å². The molecular weight excluding hydrogens is 499 g/mol. The quantitative estimate of drug-likeness (QED) is 0.211. The van der Waals surface area contributed by atoms with Gasteiger partial charge in [-0.2, -0.15) is 0 Å². The molecule has 0 radical (unpaired) electrons. The van der Waals surface area contributed by atoms with Crippen molar-refractivity contribution in [2.24, 2.45) is 0 Å². The zero-order valence-electron chi connectivity index (χ0n) is 19.8. The summed E-state index contributed by atoms with van der Waals surface area (Å²) in [6, 6.07) is 24.0. The Hall–Kier alpha value is -2.47. The lowest BCUT2D eigenvalue weighted by molar-refractivity contribution is -0.139. The molecule has 0 aliphatic rings. The molecule has 3 aromatic carbocycles. The normalized spacial score (nSPS) is 11.6. The van der Waals surface area contributed by atoms with E-state index in [0.29, 0.717) is 29.6 Å². The second kappa shape index (κ2) is 14.2. The second-order valence-corrected chi connectivity index (χ2v) is 10.2. The van der Waals surface area contributed by atoms with Crippen LogP contribution in [0.3, 0.4) is 0 Å². The van der Waals surface area contributed by atoms with E-state index >= 15 is 0 Å². The van der Waals surface area contributed by atoms with Crippen LogP contribution in [0.15, 0.2) is 83.8 Å². The van der Waals surface area contributed by atoms with Gasteiger partial charge in [-0.05, 0) is 53.9 Å². The van der Waals surface area contributed by atoms with Gasteiger partial charge in [0.1, 0.15) is 6.04 Å². The van der Waals surface area contributed by atoms with Crippen LogP contribution >= 0.6 is 35.0 Å². The van der Waals surface area contributed by atoms with Gasteiger partial charge in [0.15, 0.2) is 0 Å². The zero-order chi connectivity index (χ0) is 25.0. The SMILES string of the molecule is CCCCNC(=O)C(Cc1ccccc1)N(Cc1cccc(Cl)c1)C(=O)CSc1ccc(Cl)cc1. The van der Waals surface area contributed by atoms with Crippen LogP contribution in [0.2, 0.25) is 10.0 Å². The van der Waals surface area contributed by atoms with E-state index in [1.807, 2.05) is 60.7 Å². The average molecular weight is 530 g/mol. The fraction of sp³-hybridized carbons (Fsp3) is 0.286. The van der Waals surface area contributed by atoms with Gasteiger partial charge in [0.25, 0.3) is 0 Å². The van der Waals surface area contributed by atoms with Crippen molar-refractivity contribution < 1.29 is 9.59 Å². The minimum atomic E-state index is -0.647. The number of nitrogens with zero attached hydrogens (tertiary/aromatic N) is 1. The van der Waals surface area contributed by atoms with E-state index in [0.717, 1.165) is 28.9 Å². The standard InChI is InChI=1S/C28H30Cl2N2O2S/c1-2-3-16-31-28(34)26(18-21-8-5-4-6-9-21)32(19-22-10-7-11-24(30)17-22)27(33)20-35-25-14-12-23(29)13-15-25/h4-15,17,26H,2-3,16,18-20H2,1H3,(H,31,34). The maximum Gasteiger partial charge on any atom is 0.243 e. The van der Waals surface area contributed by atoms with Gasteiger partial charge >= 0.3 is 0 Å². The Labute approximate surface area is 222 Å². The number of hydrogen-bond acceptors (Lipinski definition) is 3. The number of hydrogen-bond donors (Lipinski definition) is 1. The Morgan fingerprint density at radius 2 is 1.63 bits per heavy atom. The molecule has 3 rings (SSSR count). The third-order valence-electron chi connectivity index (χ3n) is 5.52. The molecule has 0 bridgehead atoms. The van der Waals surface area contributed by atoms with Crippen molar-refractivity contribution in [2.75, 3.05) is 12.3 Å². The molecule has 1 N–H and O–H groups in total. The molecule has 3 aromatic rings. The van der Waals surface area contributed by atoms with Gasteiger partial charge < -0.3 is 10.2 Å². The van der Waals surface area contributed by atoms with E-state index in [4.69, 9.17) is 23.2 Å². The smallest absolute Gasteiger partial charge is 0.243 e. The van der Waals surface area contributed by atoms with Crippen LogP contribution in [0, 0.1) is 0 Å². The van der Waals surface area contributed by atoms with Crippen LogP contribution in [0.4, 0.5) is 0 Å². The summed E-state index contributed by atoms with van der Waals surface area (Å²) in [5.41, 5.74) is 1.87. The predicted molar refractivity (Wildman–Crippen MR) is 146 cm³/mol. The molecule has 4 nitrogen and oxygen atoms in total. The Kier molecular flexibility index (Phi) is 11.0. The lowest BCUT2D eigenvalue weighted by Gasteiger charge is -2.31. The number of amides is 2. The Bertz CT molecular complexity index is 1090. The van der Waals surface area contributed by atoms with Crippen molar-refractivity contribution in [1.29, 1.82) is 0 Å². The molecule has 0 saturated heterocycles. The topological polar surface area (TPSA) is 49.4 Å². The highest BCUT2D eigenvalue weighted by Crippen LogP contribution is 2.23. The summed E-state index contributed by atoms with van der Waals surface area (Å²) >= 11 is 13.6. The Morgan fingerprint density at radius 1 is 0.914 bits per heavy atom. The minimum absolute atomic E-state index is 0.114. The van der Waals surface area contributed by atoms with Crippen LogP contribution in [-0.4, -0.2) is 35.1 Å². The number of carbonyl (C=O) groups is 2. The summed E-state index contributed by atoms with van der Waals surface area (Å²) in [4.78, 5) is 29.6. The molecule has 0 heterocycles. The molecular formula is C28H30Cl2N2O2S. The zero-order valence-corrected chi connectivity index (χ0v) is 22.1. The summed E-state index contributed by atoms with van der Waals surface area (Å²) in [6.45, 7) is 2.95. The second-order valence-electron chi connectivity index (χ2n) is 8.24. The van der Waals surface area contributed by atoms with Crippen LogP contribution in [0.25, 0.3) is 0 Å². The first-order valence-electron chi connectivity index (χ1n) is 11.7. The van der Waals surface area contributed by atoms with E-state index < -0.39 is 6.04 Å². The fourth-order valence-electron chi connectivity index (χ4n) is 3.65. The molecule has 0 aromatic heterocycles. The molecule has 0 spiro atoms. The van der Waals surface area contributed by atoms with Gasteiger partial charge in [0.05, 0.1) is 5.75 Å². The summed E-state index contributed by atoms with van der Waals surface area (Å²) in [5.74, 6) is -0.0545. The van der Waals surface area contributed by atoms with Crippen molar-refractivity contribution in [1.82, 2.24) is 10.2 Å². The van der Waals surface area contributed by atoms with E-state index in [2.05, 4.69) is 12.2 Å². The first kappa shape index (κ1) is 27.1. The average Bonchev–Trinajstić information content (AvgIpc) is 2.86. The highest BCUT2D eigenvalue weighted by Gasteiger charge is 2.30. The maximum absolute atomic E-state index is 13.6. The fourth-order valence-corrected chi connectivity index (χ4v) is 4.77. The van der Waals surface area contributed by atoms with Crippen molar-refractivity contribution in [3.8, 4) is 0 Å². The number of halogens is 2. The van der Waals surface area contributed by atoms with Gasteiger partial charge in [-0.15, -0.1) is 11.8 Å². The Balaban J connectivity index is 1.87. The molecule has 1 unspecified atom stereocenters. The van der Waals surface area contributed by atoms with Gasteiger partial charge in [-0.3, -0.25) is 9.59 Å². The third-order valence-corrected chi connectivity index (χ3v) is 7.00. The Morgan fingerprint density at radius 3 is 2.31 bits per heavy atom. The van der Waals surface area contributed by atoms with Gasteiger partial charge in [0, 0.05) is 34.5 Å². The molecule has 0 saturated carbocycles. The van der Waals surface area contributed by atoms with E-state index in [1.165, 1.54) is 11.8 Å². The van der Waals surface area contributed by atoms with Gasteiger partial charge in [0.2, 0.25) is 11.8 Å². The summed E-state index contributed by atoms with van der Waals surface area (Å²) < 4.78 is 0. The number of rotatable bonds is 12. The number of carbonyl (C=O) groups excluding carboxylic acids is 2. The highest BCUT2D eigenvalue weighted by atomic mass is 35.5. The summed E-state index contributed by atoms with van der Waals surface area (Å²) in [6.07, 6.45) is 2.29. The molecule has 7 heteroatoms. The monoisotopic (exact) mass is 528 g/mol. The van der Waals surface area contributed by atoms with Crippen molar-refractivity contribution in [2.45, 2.75) is 43.7 Å². The van der Waals surface area contributed by atoms with Crippen molar-refractivity contribution >= 4 is 46.8 Å². The number of thioether (sulfide) groups is 1. The molecule has 2 amide bonds. The molecule has 0 aliphatic heterocycles. The highest BCUT2D eigenvalue weighted by molar-refractivity contribution is 8.00. The van der Waals surface area contributed by atoms with Crippen LogP contribution in [-0.2, 0) is 22.6 Å². The molecule has 184 valence electrons. The first-order valence-corrected chi connectivity index (χ1v) is 13.4. The lowest BCUT2D eigenvalue weighted by Crippen LogP contribution is -2.51. The first-order chi connectivity index (χ1) is 17.0. The summed E-state index contributed by atoms with van der Waals surface area (Å²) in [5, 5.41) is 4.28. The number of benzene rings is 3. The maximum atomic E-state index is 13.6. The van der Waals surface area contributed by atoms with Crippen LogP contribution in [0.1, 0.15) is 30.9 Å². The molecule has 35 heavy (non-hydrogen) atoms. The number of unbranched alkanes of at least 4 members (excludes halogenated alkanes) is 1. The predicted octanol–water partition coefficient (Wildman–Crippen LogP) is 6.64. The summed E-state index contributed by atoms with van der Waals surface area (Å²) in [7, 11) is 0.